The molecule has 1 aliphatic heterocycles. The molecule has 27 heavy (non-hydrogen) atoms. The zero-order valence-corrected chi connectivity index (χ0v) is 16.0. The van der Waals surface area contributed by atoms with Crippen molar-refractivity contribution in [2.75, 3.05) is 13.1 Å². The quantitative estimate of drug-likeness (QED) is 0.694. The van der Waals surface area contributed by atoms with Crippen molar-refractivity contribution < 1.29 is 8.42 Å². The van der Waals surface area contributed by atoms with Crippen LogP contribution in [0.2, 0.25) is 0 Å². The highest BCUT2D eigenvalue weighted by Gasteiger charge is 2.30. The monoisotopic (exact) mass is 382 g/mol. The number of benzene rings is 2. The summed E-state index contributed by atoms with van der Waals surface area (Å²) in [6, 6.07) is 15.5. The summed E-state index contributed by atoms with van der Waals surface area (Å²) in [6.07, 6.45) is 4.74. The second kappa shape index (κ2) is 7.25. The first-order valence-electron chi connectivity index (χ1n) is 9.07. The summed E-state index contributed by atoms with van der Waals surface area (Å²) in [5, 5.41) is 8.34. The SMILES string of the molecule is Cc1cccc(-c2ccc(S(=O)(=O)N3CCC(n4nccn4)CC3)cc2)c1. The molecule has 1 saturated heterocycles. The Balaban J connectivity index is 1.49. The second-order valence-corrected chi connectivity index (χ2v) is 8.82. The summed E-state index contributed by atoms with van der Waals surface area (Å²) >= 11 is 0. The van der Waals surface area contributed by atoms with E-state index in [1.807, 2.05) is 37.3 Å². The van der Waals surface area contributed by atoms with Gasteiger partial charge in [0, 0.05) is 13.1 Å². The molecular formula is C20H22N4O2S. The van der Waals surface area contributed by atoms with Crippen molar-refractivity contribution in [3.05, 3.63) is 66.5 Å². The van der Waals surface area contributed by atoms with Crippen LogP contribution in [0.4, 0.5) is 0 Å². The third-order valence-electron chi connectivity index (χ3n) is 5.03. The lowest BCUT2D eigenvalue weighted by Crippen LogP contribution is -2.39. The second-order valence-electron chi connectivity index (χ2n) is 6.88. The van der Waals surface area contributed by atoms with E-state index in [-0.39, 0.29) is 6.04 Å². The molecule has 0 radical (unpaired) electrons. The molecule has 0 bridgehead atoms. The number of hydrogen-bond donors (Lipinski definition) is 0. The molecule has 1 aliphatic rings. The van der Waals surface area contributed by atoms with Gasteiger partial charge in [0.2, 0.25) is 10.0 Å². The number of hydrogen-bond acceptors (Lipinski definition) is 4. The van der Waals surface area contributed by atoms with Crippen molar-refractivity contribution in [2.45, 2.75) is 30.7 Å². The zero-order valence-electron chi connectivity index (χ0n) is 15.2. The smallest absolute Gasteiger partial charge is 0.207 e. The Kier molecular flexibility index (Phi) is 4.80. The summed E-state index contributed by atoms with van der Waals surface area (Å²) in [6.45, 7) is 3.01. The molecular weight excluding hydrogens is 360 g/mol. The lowest BCUT2D eigenvalue weighted by molar-refractivity contribution is 0.245. The van der Waals surface area contributed by atoms with Crippen LogP contribution in [-0.2, 0) is 10.0 Å². The molecule has 3 aromatic rings. The third-order valence-corrected chi connectivity index (χ3v) is 6.94. The van der Waals surface area contributed by atoms with Crippen molar-refractivity contribution in [3.63, 3.8) is 0 Å². The maximum atomic E-state index is 13.0. The van der Waals surface area contributed by atoms with Crippen LogP contribution < -0.4 is 0 Å². The van der Waals surface area contributed by atoms with E-state index in [1.165, 1.54) is 5.56 Å². The number of rotatable bonds is 4. The van der Waals surface area contributed by atoms with E-state index in [4.69, 9.17) is 0 Å². The Morgan fingerprint density at radius 2 is 1.59 bits per heavy atom. The lowest BCUT2D eigenvalue weighted by Gasteiger charge is -2.30. The highest BCUT2D eigenvalue weighted by atomic mass is 32.2. The standard InChI is InChI=1S/C20H22N4O2S/c1-16-3-2-4-18(15-16)17-5-7-20(8-6-17)27(25,26)23-13-9-19(10-14-23)24-21-11-12-22-24/h2-8,11-12,15,19H,9-10,13-14H2,1H3. The largest absolute Gasteiger partial charge is 0.243 e. The predicted molar refractivity (Wildman–Crippen MR) is 104 cm³/mol. The van der Waals surface area contributed by atoms with Crippen LogP contribution in [0.25, 0.3) is 11.1 Å². The van der Waals surface area contributed by atoms with Crippen LogP contribution in [0.1, 0.15) is 24.4 Å². The van der Waals surface area contributed by atoms with Gasteiger partial charge in [0.05, 0.1) is 23.3 Å². The molecule has 0 spiro atoms. The normalized spacial score (nSPS) is 16.5. The fraction of sp³-hybridized carbons (Fsp3) is 0.300. The molecule has 7 heteroatoms. The molecule has 2 aromatic carbocycles. The Bertz CT molecular complexity index is 1010. The maximum absolute atomic E-state index is 13.0. The highest BCUT2D eigenvalue weighted by Crippen LogP contribution is 2.27. The van der Waals surface area contributed by atoms with Gasteiger partial charge >= 0.3 is 0 Å². The Hall–Kier alpha value is -2.51. The number of aromatic nitrogens is 3. The van der Waals surface area contributed by atoms with E-state index in [0.717, 1.165) is 24.0 Å². The average molecular weight is 382 g/mol. The number of aryl methyl sites for hydroxylation is 1. The van der Waals surface area contributed by atoms with Gasteiger partial charge in [0.15, 0.2) is 0 Å². The van der Waals surface area contributed by atoms with Crippen LogP contribution in [0, 0.1) is 6.92 Å². The van der Waals surface area contributed by atoms with Crippen LogP contribution in [-0.4, -0.2) is 40.8 Å². The minimum atomic E-state index is -3.48. The third kappa shape index (κ3) is 3.65. The van der Waals surface area contributed by atoms with Crippen LogP contribution in [0.5, 0.6) is 0 Å². The van der Waals surface area contributed by atoms with Gasteiger partial charge in [-0.05, 0) is 43.0 Å². The summed E-state index contributed by atoms with van der Waals surface area (Å²) in [5.74, 6) is 0. The molecule has 0 N–H and O–H groups in total. The molecule has 0 amide bonds. The first-order valence-corrected chi connectivity index (χ1v) is 10.5. The van der Waals surface area contributed by atoms with Crippen LogP contribution >= 0.6 is 0 Å². The van der Waals surface area contributed by atoms with Gasteiger partial charge in [-0.25, -0.2) is 8.42 Å². The minimum Gasteiger partial charge on any atom is -0.207 e. The first kappa shape index (κ1) is 17.9. The molecule has 0 saturated carbocycles. The number of sulfonamides is 1. The van der Waals surface area contributed by atoms with E-state index in [9.17, 15) is 8.42 Å². The Labute approximate surface area is 159 Å². The van der Waals surface area contributed by atoms with Crippen molar-refractivity contribution in [2.24, 2.45) is 0 Å². The van der Waals surface area contributed by atoms with Gasteiger partial charge in [-0.2, -0.15) is 19.3 Å². The summed E-state index contributed by atoms with van der Waals surface area (Å²) < 4.78 is 27.5. The Morgan fingerprint density at radius 1 is 0.926 bits per heavy atom. The van der Waals surface area contributed by atoms with Crippen molar-refractivity contribution in [1.29, 1.82) is 0 Å². The van der Waals surface area contributed by atoms with E-state index < -0.39 is 10.0 Å². The number of piperidine rings is 1. The topological polar surface area (TPSA) is 68.1 Å². The summed E-state index contributed by atoms with van der Waals surface area (Å²) in [4.78, 5) is 2.02. The molecule has 1 fully saturated rings. The van der Waals surface area contributed by atoms with E-state index in [0.29, 0.717) is 18.0 Å². The van der Waals surface area contributed by atoms with Gasteiger partial charge in [-0.1, -0.05) is 42.0 Å². The van der Waals surface area contributed by atoms with Gasteiger partial charge in [-0.3, -0.25) is 0 Å². The van der Waals surface area contributed by atoms with E-state index >= 15 is 0 Å². The molecule has 0 aliphatic carbocycles. The van der Waals surface area contributed by atoms with Gasteiger partial charge in [-0.15, -0.1) is 0 Å². The molecule has 1 aromatic heterocycles. The van der Waals surface area contributed by atoms with Crippen molar-refractivity contribution >= 4 is 10.0 Å². The molecule has 4 rings (SSSR count). The summed E-state index contributed by atoms with van der Waals surface area (Å²) in [5.41, 5.74) is 3.28. The fourth-order valence-electron chi connectivity index (χ4n) is 3.52. The van der Waals surface area contributed by atoms with Gasteiger partial charge in [0.25, 0.3) is 0 Å². The molecule has 6 nitrogen and oxygen atoms in total. The van der Waals surface area contributed by atoms with Gasteiger partial charge in [0.1, 0.15) is 0 Å². The van der Waals surface area contributed by atoms with Crippen LogP contribution in [0.3, 0.4) is 0 Å². The molecule has 0 unspecified atom stereocenters. The van der Waals surface area contributed by atoms with E-state index in [1.54, 1.807) is 33.6 Å². The average Bonchev–Trinajstić information content (AvgIpc) is 3.23. The maximum Gasteiger partial charge on any atom is 0.243 e. The fourth-order valence-corrected chi connectivity index (χ4v) is 4.99. The molecule has 140 valence electrons. The highest BCUT2D eigenvalue weighted by molar-refractivity contribution is 7.89. The molecule has 0 atom stereocenters. The van der Waals surface area contributed by atoms with Crippen LogP contribution in [0.15, 0.2) is 65.8 Å². The predicted octanol–water partition coefficient (Wildman–Crippen LogP) is 3.28. The molecule has 2 heterocycles. The zero-order chi connectivity index (χ0) is 18.9. The van der Waals surface area contributed by atoms with Crippen molar-refractivity contribution in [3.8, 4) is 11.1 Å². The lowest BCUT2D eigenvalue weighted by atomic mass is 10.0. The minimum absolute atomic E-state index is 0.162. The number of nitrogens with zero attached hydrogens (tertiary/aromatic N) is 4. The Morgan fingerprint density at radius 3 is 2.22 bits per heavy atom. The van der Waals surface area contributed by atoms with Gasteiger partial charge < -0.3 is 0 Å². The van der Waals surface area contributed by atoms with Crippen molar-refractivity contribution in [1.82, 2.24) is 19.3 Å². The van der Waals surface area contributed by atoms with E-state index in [2.05, 4.69) is 16.3 Å². The first-order chi connectivity index (χ1) is 13.0. The summed E-state index contributed by atoms with van der Waals surface area (Å²) in [7, 11) is -3.48.